The van der Waals surface area contributed by atoms with Crippen LogP contribution in [0.25, 0.3) is 0 Å². The Balaban J connectivity index is 3.36. The first-order valence-corrected chi connectivity index (χ1v) is 6.64. The molecule has 1 aromatic rings. The minimum absolute atomic E-state index is 0.0150. The Morgan fingerprint density at radius 2 is 2.11 bits per heavy atom. The van der Waals surface area contributed by atoms with Crippen LogP contribution in [0.4, 0.5) is 4.39 Å². The van der Waals surface area contributed by atoms with Crippen LogP contribution in [0.2, 0.25) is 0 Å². The summed E-state index contributed by atoms with van der Waals surface area (Å²) < 4.78 is 37.1. The summed E-state index contributed by atoms with van der Waals surface area (Å²) in [5.41, 5.74) is -0.691. The van der Waals surface area contributed by atoms with Gasteiger partial charge < -0.3 is 5.11 Å². The average molecular weight is 270 g/mol. The smallest absolute Gasteiger partial charge is 0.338 e. The zero-order chi connectivity index (χ0) is 13.9. The lowest BCUT2D eigenvalue weighted by molar-refractivity contribution is 0.0691. The minimum atomic E-state index is -3.69. The second-order valence-corrected chi connectivity index (χ2v) is 5.79. The van der Waals surface area contributed by atoms with Gasteiger partial charge in [0, 0.05) is 6.42 Å². The lowest BCUT2D eigenvalue weighted by atomic mass is 10.1. The van der Waals surface area contributed by atoms with Crippen molar-refractivity contribution in [3.8, 4) is 12.3 Å². The number of hydrogen-bond donors (Lipinski definition) is 1. The number of halogens is 1. The second kappa shape index (κ2) is 5.19. The molecule has 6 heteroatoms. The molecule has 0 saturated heterocycles. The van der Waals surface area contributed by atoms with E-state index in [1.807, 2.05) is 0 Å². The lowest BCUT2D eigenvalue weighted by Gasteiger charge is -2.07. The van der Waals surface area contributed by atoms with E-state index in [1.54, 1.807) is 0 Å². The Bertz CT molecular complexity index is 626. The highest BCUT2D eigenvalue weighted by molar-refractivity contribution is 7.91. The largest absolute Gasteiger partial charge is 0.478 e. The quantitative estimate of drug-likeness (QED) is 0.666. The molecule has 96 valence electrons. The number of hydrogen-bond acceptors (Lipinski definition) is 3. The molecule has 1 aromatic carbocycles. The third-order valence-corrected chi connectivity index (χ3v) is 4.03. The van der Waals surface area contributed by atoms with Gasteiger partial charge in [-0.3, -0.25) is 0 Å². The zero-order valence-corrected chi connectivity index (χ0v) is 10.4. The highest BCUT2D eigenvalue weighted by Crippen LogP contribution is 2.20. The fourth-order valence-corrected chi connectivity index (χ4v) is 2.66. The molecular formula is C12H11FO4S. The van der Waals surface area contributed by atoms with E-state index in [-0.39, 0.29) is 22.6 Å². The van der Waals surface area contributed by atoms with E-state index >= 15 is 0 Å². The van der Waals surface area contributed by atoms with Gasteiger partial charge in [0.05, 0.1) is 16.2 Å². The van der Waals surface area contributed by atoms with Crippen molar-refractivity contribution in [1.29, 1.82) is 0 Å². The van der Waals surface area contributed by atoms with Crippen molar-refractivity contribution in [2.75, 3.05) is 5.75 Å². The molecule has 0 amide bonds. The Morgan fingerprint density at radius 1 is 1.50 bits per heavy atom. The molecule has 1 rings (SSSR count). The minimum Gasteiger partial charge on any atom is -0.478 e. The van der Waals surface area contributed by atoms with Crippen molar-refractivity contribution in [3.63, 3.8) is 0 Å². The van der Waals surface area contributed by atoms with E-state index in [9.17, 15) is 17.6 Å². The summed E-state index contributed by atoms with van der Waals surface area (Å²) in [6, 6.07) is 1.92. The van der Waals surface area contributed by atoms with Gasteiger partial charge in [-0.1, -0.05) is 0 Å². The number of benzene rings is 1. The van der Waals surface area contributed by atoms with Crippen LogP contribution in [0.15, 0.2) is 17.0 Å². The van der Waals surface area contributed by atoms with E-state index in [1.165, 1.54) is 6.92 Å². The molecule has 0 aliphatic heterocycles. The van der Waals surface area contributed by atoms with Crippen LogP contribution >= 0.6 is 0 Å². The zero-order valence-electron chi connectivity index (χ0n) is 9.60. The van der Waals surface area contributed by atoms with Crippen molar-refractivity contribution < 1.29 is 22.7 Å². The maximum absolute atomic E-state index is 13.5. The number of rotatable bonds is 4. The topological polar surface area (TPSA) is 71.4 Å². The third-order valence-electron chi connectivity index (χ3n) is 2.33. The molecule has 0 fully saturated rings. The Morgan fingerprint density at radius 3 is 2.61 bits per heavy atom. The highest BCUT2D eigenvalue weighted by atomic mass is 32.2. The van der Waals surface area contributed by atoms with Crippen LogP contribution in [-0.4, -0.2) is 25.2 Å². The van der Waals surface area contributed by atoms with Crippen LogP contribution in [0.5, 0.6) is 0 Å². The lowest BCUT2D eigenvalue weighted by Crippen LogP contribution is -2.10. The van der Waals surface area contributed by atoms with Crippen molar-refractivity contribution in [1.82, 2.24) is 0 Å². The number of carboxylic acids is 1. The fourth-order valence-electron chi connectivity index (χ4n) is 1.38. The number of carbonyl (C=O) groups is 1. The highest BCUT2D eigenvalue weighted by Gasteiger charge is 2.20. The summed E-state index contributed by atoms with van der Waals surface area (Å²) in [7, 11) is -3.69. The number of aryl methyl sites for hydroxylation is 1. The predicted octanol–water partition coefficient (Wildman–Crippen LogP) is 1.63. The normalized spacial score (nSPS) is 10.9. The maximum Gasteiger partial charge on any atom is 0.338 e. The van der Waals surface area contributed by atoms with E-state index in [0.29, 0.717) is 0 Å². The van der Waals surface area contributed by atoms with Crippen LogP contribution < -0.4 is 0 Å². The van der Waals surface area contributed by atoms with Crippen LogP contribution in [-0.2, 0) is 9.84 Å². The summed E-state index contributed by atoms with van der Waals surface area (Å²) in [5.74, 6) is -0.552. The van der Waals surface area contributed by atoms with E-state index < -0.39 is 27.2 Å². The molecule has 0 aliphatic rings. The van der Waals surface area contributed by atoms with Crippen molar-refractivity contribution in [2.24, 2.45) is 0 Å². The Hall–Kier alpha value is -1.87. The molecule has 4 nitrogen and oxygen atoms in total. The third kappa shape index (κ3) is 2.87. The van der Waals surface area contributed by atoms with Gasteiger partial charge in [0.15, 0.2) is 9.84 Å². The molecular weight excluding hydrogens is 259 g/mol. The molecule has 0 heterocycles. The Labute approximate surface area is 104 Å². The fraction of sp³-hybridized carbons (Fsp3) is 0.250. The predicted molar refractivity (Wildman–Crippen MR) is 63.6 cm³/mol. The van der Waals surface area contributed by atoms with E-state index in [4.69, 9.17) is 11.5 Å². The van der Waals surface area contributed by atoms with Gasteiger partial charge in [-0.15, -0.1) is 12.3 Å². The van der Waals surface area contributed by atoms with Gasteiger partial charge in [-0.05, 0) is 24.6 Å². The van der Waals surface area contributed by atoms with Crippen molar-refractivity contribution in [3.05, 3.63) is 29.1 Å². The van der Waals surface area contributed by atoms with Crippen molar-refractivity contribution in [2.45, 2.75) is 18.2 Å². The van der Waals surface area contributed by atoms with E-state index in [2.05, 4.69) is 5.92 Å². The van der Waals surface area contributed by atoms with E-state index in [0.717, 1.165) is 12.1 Å². The molecule has 18 heavy (non-hydrogen) atoms. The van der Waals surface area contributed by atoms with Gasteiger partial charge in [0.25, 0.3) is 0 Å². The molecule has 0 spiro atoms. The molecule has 0 aromatic heterocycles. The SMILES string of the molecule is C#CCCS(=O)(=O)c1cc(C)c(F)c(C(=O)O)c1. The molecule has 0 saturated carbocycles. The molecule has 0 aliphatic carbocycles. The summed E-state index contributed by atoms with van der Waals surface area (Å²) in [6.07, 6.45) is 4.99. The van der Waals surface area contributed by atoms with Crippen LogP contribution in [0, 0.1) is 25.1 Å². The summed E-state index contributed by atoms with van der Waals surface area (Å²) in [6.45, 7) is 1.31. The van der Waals surface area contributed by atoms with Crippen LogP contribution in [0.3, 0.4) is 0 Å². The maximum atomic E-state index is 13.5. The standard InChI is InChI=1S/C12H11FO4S/c1-3-4-5-18(16,17)9-6-8(2)11(13)10(7-9)12(14)15/h1,6-7H,4-5H2,2H3,(H,14,15). The molecule has 1 N–H and O–H groups in total. The van der Waals surface area contributed by atoms with Crippen molar-refractivity contribution >= 4 is 15.8 Å². The summed E-state index contributed by atoms with van der Waals surface area (Å²) in [4.78, 5) is 10.6. The summed E-state index contributed by atoms with van der Waals surface area (Å²) in [5, 5.41) is 8.79. The van der Waals surface area contributed by atoms with Gasteiger partial charge in [0.2, 0.25) is 0 Å². The second-order valence-electron chi connectivity index (χ2n) is 3.68. The monoisotopic (exact) mass is 270 g/mol. The Kier molecular flexibility index (Phi) is 4.09. The number of terminal acetylenes is 1. The first-order valence-electron chi connectivity index (χ1n) is 4.99. The number of sulfone groups is 1. The number of aromatic carboxylic acids is 1. The number of carboxylic acid groups (broad SMARTS) is 1. The molecule has 0 bridgehead atoms. The average Bonchev–Trinajstić information content (AvgIpc) is 2.29. The first-order chi connectivity index (χ1) is 8.29. The van der Waals surface area contributed by atoms with Gasteiger partial charge in [-0.25, -0.2) is 17.6 Å². The molecule has 0 unspecified atom stereocenters. The summed E-state index contributed by atoms with van der Waals surface area (Å²) >= 11 is 0. The van der Waals surface area contributed by atoms with Gasteiger partial charge in [0.1, 0.15) is 5.82 Å². The van der Waals surface area contributed by atoms with Gasteiger partial charge >= 0.3 is 5.97 Å². The first kappa shape index (κ1) is 14.2. The molecule has 0 radical (unpaired) electrons. The molecule has 0 atom stereocenters. The van der Waals surface area contributed by atoms with Crippen LogP contribution in [0.1, 0.15) is 22.3 Å². The van der Waals surface area contributed by atoms with Gasteiger partial charge in [-0.2, -0.15) is 0 Å².